The normalized spacial score (nSPS) is 11.7. The van der Waals surface area contributed by atoms with Crippen molar-refractivity contribution in [3.63, 3.8) is 0 Å². The predicted molar refractivity (Wildman–Crippen MR) is 101 cm³/mol. The molecule has 0 aliphatic carbocycles. The van der Waals surface area contributed by atoms with Crippen molar-refractivity contribution in [1.82, 2.24) is 0 Å². The number of rotatable bonds is 7. The minimum atomic E-state index is -0.515. The number of esters is 1. The third-order valence-electron chi connectivity index (χ3n) is 4.01. The van der Waals surface area contributed by atoms with Crippen LogP contribution in [0, 0.1) is 0 Å². The Morgan fingerprint density at radius 3 is 2.43 bits per heavy atom. The van der Waals surface area contributed by atoms with E-state index in [-0.39, 0.29) is 6.79 Å². The molecule has 3 aromatic rings. The Morgan fingerprint density at radius 2 is 1.54 bits per heavy atom. The number of para-hydroxylation sites is 2. The minimum Gasteiger partial charge on any atom is -0.490 e. The molecular formula is C22H18O6. The molecule has 0 aromatic heterocycles. The fourth-order valence-electron chi connectivity index (χ4n) is 2.69. The zero-order valence-corrected chi connectivity index (χ0v) is 15.0. The monoisotopic (exact) mass is 378 g/mol. The van der Waals surface area contributed by atoms with Crippen LogP contribution in [0.4, 0.5) is 0 Å². The van der Waals surface area contributed by atoms with Crippen LogP contribution in [-0.4, -0.2) is 26.0 Å². The van der Waals surface area contributed by atoms with Crippen LogP contribution in [0.1, 0.15) is 10.4 Å². The highest BCUT2D eigenvalue weighted by Crippen LogP contribution is 2.35. The quantitative estimate of drug-likeness (QED) is 0.351. The molecule has 28 heavy (non-hydrogen) atoms. The summed E-state index contributed by atoms with van der Waals surface area (Å²) >= 11 is 0. The SMILES string of the molecule is O=C(Oc1ccc2c(c1)OCO2)c1ccccc1OCCOc1ccccc1. The van der Waals surface area contributed by atoms with E-state index in [1.807, 2.05) is 30.3 Å². The summed E-state index contributed by atoms with van der Waals surface area (Å²) in [6.45, 7) is 0.813. The molecule has 0 radical (unpaired) electrons. The van der Waals surface area contributed by atoms with Crippen LogP contribution in [-0.2, 0) is 0 Å². The maximum atomic E-state index is 12.6. The summed E-state index contributed by atoms with van der Waals surface area (Å²) in [5, 5.41) is 0. The number of hydrogen-bond donors (Lipinski definition) is 0. The van der Waals surface area contributed by atoms with Crippen molar-refractivity contribution in [2.45, 2.75) is 0 Å². The number of carbonyl (C=O) groups is 1. The molecule has 0 N–H and O–H groups in total. The summed E-state index contributed by atoms with van der Waals surface area (Å²) in [6, 6.07) is 21.4. The average Bonchev–Trinajstić information content (AvgIpc) is 3.20. The topological polar surface area (TPSA) is 63.2 Å². The van der Waals surface area contributed by atoms with Crippen LogP contribution >= 0.6 is 0 Å². The second-order valence-corrected chi connectivity index (χ2v) is 5.91. The van der Waals surface area contributed by atoms with Gasteiger partial charge >= 0.3 is 5.97 Å². The molecule has 4 rings (SSSR count). The molecule has 0 saturated heterocycles. The van der Waals surface area contributed by atoms with Gasteiger partial charge in [-0.1, -0.05) is 30.3 Å². The van der Waals surface area contributed by atoms with Gasteiger partial charge in [-0.15, -0.1) is 0 Å². The Kier molecular flexibility index (Phi) is 5.29. The number of ether oxygens (including phenoxy) is 5. The zero-order chi connectivity index (χ0) is 19.2. The van der Waals surface area contributed by atoms with E-state index in [1.165, 1.54) is 0 Å². The lowest BCUT2D eigenvalue weighted by atomic mass is 10.2. The van der Waals surface area contributed by atoms with Crippen molar-refractivity contribution in [3.8, 4) is 28.7 Å². The highest BCUT2D eigenvalue weighted by atomic mass is 16.7. The Labute approximate surface area is 162 Å². The zero-order valence-electron chi connectivity index (χ0n) is 15.0. The van der Waals surface area contributed by atoms with Gasteiger partial charge in [0, 0.05) is 6.07 Å². The minimum absolute atomic E-state index is 0.161. The van der Waals surface area contributed by atoms with Crippen molar-refractivity contribution >= 4 is 5.97 Å². The molecule has 6 nitrogen and oxygen atoms in total. The van der Waals surface area contributed by atoms with Crippen LogP contribution in [0.2, 0.25) is 0 Å². The third kappa shape index (κ3) is 4.17. The molecule has 0 bridgehead atoms. The lowest BCUT2D eigenvalue weighted by molar-refractivity contribution is 0.0729. The fraction of sp³-hybridized carbons (Fsp3) is 0.136. The standard InChI is InChI=1S/C22H18O6/c23-22(28-17-10-11-20-21(14-17)27-15-26-20)18-8-4-5-9-19(18)25-13-12-24-16-6-2-1-3-7-16/h1-11,14H,12-13,15H2. The lowest BCUT2D eigenvalue weighted by Crippen LogP contribution is -2.14. The van der Waals surface area contributed by atoms with Crippen LogP contribution in [0.5, 0.6) is 28.7 Å². The second-order valence-electron chi connectivity index (χ2n) is 5.91. The summed E-state index contributed by atoms with van der Waals surface area (Å²) in [4.78, 5) is 12.6. The highest BCUT2D eigenvalue weighted by Gasteiger charge is 2.18. The largest absolute Gasteiger partial charge is 0.490 e. The third-order valence-corrected chi connectivity index (χ3v) is 4.01. The van der Waals surface area contributed by atoms with Gasteiger partial charge in [0.15, 0.2) is 11.5 Å². The summed E-state index contributed by atoms with van der Waals surface area (Å²) in [7, 11) is 0. The van der Waals surface area contributed by atoms with E-state index in [9.17, 15) is 4.79 Å². The maximum absolute atomic E-state index is 12.6. The van der Waals surface area contributed by atoms with E-state index in [0.717, 1.165) is 5.75 Å². The van der Waals surface area contributed by atoms with E-state index in [1.54, 1.807) is 42.5 Å². The van der Waals surface area contributed by atoms with Gasteiger partial charge < -0.3 is 23.7 Å². The molecule has 1 heterocycles. The van der Waals surface area contributed by atoms with Gasteiger partial charge in [0.25, 0.3) is 0 Å². The first-order valence-electron chi connectivity index (χ1n) is 8.81. The van der Waals surface area contributed by atoms with Crippen LogP contribution in [0.25, 0.3) is 0 Å². The van der Waals surface area contributed by atoms with Gasteiger partial charge in [0.1, 0.15) is 36.0 Å². The van der Waals surface area contributed by atoms with E-state index in [2.05, 4.69) is 0 Å². The van der Waals surface area contributed by atoms with Crippen molar-refractivity contribution in [2.24, 2.45) is 0 Å². The highest BCUT2D eigenvalue weighted by molar-refractivity contribution is 5.94. The van der Waals surface area contributed by atoms with Gasteiger partial charge in [-0.3, -0.25) is 0 Å². The van der Waals surface area contributed by atoms with Crippen molar-refractivity contribution in [2.75, 3.05) is 20.0 Å². The molecule has 0 unspecified atom stereocenters. The lowest BCUT2D eigenvalue weighted by Gasteiger charge is -2.12. The first-order chi connectivity index (χ1) is 13.8. The van der Waals surface area contributed by atoms with E-state index in [0.29, 0.717) is 41.8 Å². The molecule has 0 amide bonds. The molecule has 0 fully saturated rings. The molecule has 0 atom stereocenters. The molecule has 3 aromatic carbocycles. The second kappa shape index (κ2) is 8.35. The van der Waals surface area contributed by atoms with Gasteiger partial charge in [-0.25, -0.2) is 4.79 Å². The molecule has 0 saturated carbocycles. The first kappa shape index (κ1) is 17.7. The molecule has 1 aliphatic rings. The molecule has 6 heteroatoms. The molecule has 0 spiro atoms. The molecule has 142 valence electrons. The average molecular weight is 378 g/mol. The van der Waals surface area contributed by atoms with E-state index in [4.69, 9.17) is 23.7 Å². The Bertz CT molecular complexity index is 954. The van der Waals surface area contributed by atoms with Crippen LogP contribution in [0.15, 0.2) is 72.8 Å². The Balaban J connectivity index is 1.37. The summed E-state index contributed by atoms with van der Waals surface area (Å²) in [5.74, 6) is 2.23. The van der Waals surface area contributed by atoms with Crippen LogP contribution < -0.4 is 23.7 Å². The van der Waals surface area contributed by atoms with Crippen molar-refractivity contribution < 1.29 is 28.5 Å². The van der Waals surface area contributed by atoms with Gasteiger partial charge in [-0.05, 0) is 36.4 Å². The smallest absolute Gasteiger partial charge is 0.347 e. The fourth-order valence-corrected chi connectivity index (χ4v) is 2.69. The summed E-state index contributed by atoms with van der Waals surface area (Å²) in [5.41, 5.74) is 0.333. The number of hydrogen-bond acceptors (Lipinski definition) is 6. The maximum Gasteiger partial charge on any atom is 0.347 e. The van der Waals surface area contributed by atoms with Crippen LogP contribution in [0.3, 0.4) is 0 Å². The van der Waals surface area contributed by atoms with E-state index >= 15 is 0 Å². The van der Waals surface area contributed by atoms with E-state index < -0.39 is 5.97 Å². The number of fused-ring (bicyclic) bond motifs is 1. The van der Waals surface area contributed by atoms with Gasteiger partial charge in [-0.2, -0.15) is 0 Å². The summed E-state index contributed by atoms with van der Waals surface area (Å²) < 4.78 is 27.3. The van der Waals surface area contributed by atoms with Crippen molar-refractivity contribution in [3.05, 3.63) is 78.4 Å². The van der Waals surface area contributed by atoms with Crippen molar-refractivity contribution in [1.29, 1.82) is 0 Å². The van der Waals surface area contributed by atoms with Gasteiger partial charge in [0.2, 0.25) is 6.79 Å². The number of carbonyl (C=O) groups excluding carboxylic acids is 1. The number of benzene rings is 3. The van der Waals surface area contributed by atoms with Gasteiger partial charge in [0.05, 0.1) is 0 Å². The Hall–Kier alpha value is -3.67. The first-order valence-corrected chi connectivity index (χ1v) is 8.81. The molecular weight excluding hydrogens is 360 g/mol. The Morgan fingerprint density at radius 1 is 0.786 bits per heavy atom. The predicted octanol–water partition coefficient (Wildman–Crippen LogP) is 4.09. The summed E-state index contributed by atoms with van der Waals surface area (Å²) in [6.07, 6.45) is 0. The molecule has 1 aliphatic heterocycles.